The lowest BCUT2D eigenvalue weighted by molar-refractivity contribution is -0.138. The van der Waals surface area contributed by atoms with E-state index in [1.165, 1.54) is 49.6 Å². The fourth-order valence-electron chi connectivity index (χ4n) is 4.61. The van der Waals surface area contributed by atoms with Gasteiger partial charge in [0.2, 0.25) is 0 Å². The highest BCUT2D eigenvalue weighted by atomic mass is 19.4. The molecule has 0 saturated heterocycles. The van der Waals surface area contributed by atoms with Crippen molar-refractivity contribution in [1.82, 2.24) is 0 Å². The molecule has 1 aliphatic heterocycles. The number of halogens is 6. The molecule has 0 fully saturated rings. The summed E-state index contributed by atoms with van der Waals surface area (Å²) in [6.07, 6.45) is -7.72. The molecule has 0 N–H and O–H groups in total. The Morgan fingerprint density at radius 2 is 1.35 bits per heavy atom. The second-order valence-electron chi connectivity index (χ2n) is 9.49. The lowest BCUT2D eigenvalue weighted by atomic mass is 9.91. The van der Waals surface area contributed by atoms with Crippen molar-refractivity contribution < 1.29 is 45.4 Å². The van der Waals surface area contributed by atoms with Crippen LogP contribution in [0.5, 0.6) is 11.5 Å². The molecular formula is C32H21F6NO4. The molecule has 5 rings (SSSR count). The number of anilines is 1. The largest absolute Gasteiger partial charge is 0.493 e. The van der Waals surface area contributed by atoms with Gasteiger partial charge in [0.1, 0.15) is 6.61 Å². The fourth-order valence-corrected chi connectivity index (χ4v) is 4.61. The SMILES string of the molecule is COc1cc(C=C2C(=O)N(c3cccc(C(F)(F)F)c3)C(=O)c3ccccc32)ccc1OCc1cccc(C(F)(F)F)c1. The van der Waals surface area contributed by atoms with Crippen molar-refractivity contribution in [3.63, 3.8) is 0 Å². The van der Waals surface area contributed by atoms with E-state index in [-0.39, 0.29) is 40.5 Å². The van der Waals surface area contributed by atoms with Crippen LogP contribution in [0.15, 0.2) is 91.0 Å². The predicted octanol–water partition coefficient (Wildman–Crippen LogP) is 8.04. The maximum Gasteiger partial charge on any atom is 0.416 e. The van der Waals surface area contributed by atoms with Gasteiger partial charge in [-0.1, -0.05) is 42.5 Å². The minimum absolute atomic E-state index is 0.0484. The zero-order valence-corrected chi connectivity index (χ0v) is 22.3. The number of alkyl halides is 6. The van der Waals surface area contributed by atoms with Crippen molar-refractivity contribution in [2.45, 2.75) is 19.0 Å². The number of benzene rings is 4. The first-order valence-corrected chi connectivity index (χ1v) is 12.7. The van der Waals surface area contributed by atoms with E-state index in [0.717, 1.165) is 30.3 Å². The molecule has 0 bridgehead atoms. The molecule has 0 radical (unpaired) electrons. The average molecular weight is 598 g/mol. The normalized spacial score (nSPS) is 14.6. The van der Waals surface area contributed by atoms with Crippen LogP contribution in [-0.2, 0) is 23.8 Å². The number of amides is 2. The van der Waals surface area contributed by atoms with Crippen LogP contribution < -0.4 is 14.4 Å². The molecule has 4 aromatic carbocycles. The maximum absolute atomic E-state index is 13.7. The summed E-state index contributed by atoms with van der Waals surface area (Å²) < 4.78 is 90.4. The number of carbonyl (C=O) groups is 2. The minimum atomic E-state index is -4.68. The van der Waals surface area contributed by atoms with Crippen LogP contribution in [0.4, 0.5) is 32.0 Å². The number of nitrogens with zero attached hydrogens (tertiary/aromatic N) is 1. The number of methoxy groups -OCH3 is 1. The summed E-state index contributed by atoms with van der Waals surface area (Å²) in [6, 6.07) is 19.5. The molecule has 0 unspecified atom stereocenters. The first-order valence-electron chi connectivity index (χ1n) is 12.7. The third-order valence-corrected chi connectivity index (χ3v) is 6.66. The van der Waals surface area contributed by atoms with Crippen LogP contribution in [0.25, 0.3) is 11.6 Å². The zero-order valence-electron chi connectivity index (χ0n) is 22.3. The van der Waals surface area contributed by atoms with Crippen LogP contribution in [0.2, 0.25) is 0 Å². The van der Waals surface area contributed by atoms with E-state index in [1.807, 2.05) is 0 Å². The summed E-state index contributed by atoms with van der Waals surface area (Å²) in [5.74, 6) is -1.17. The number of carbonyl (C=O) groups excluding carboxylic acids is 2. The predicted molar refractivity (Wildman–Crippen MR) is 146 cm³/mol. The van der Waals surface area contributed by atoms with Crippen molar-refractivity contribution in [1.29, 1.82) is 0 Å². The monoisotopic (exact) mass is 597 g/mol. The lowest BCUT2D eigenvalue weighted by Crippen LogP contribution is -2.41. The van der Waals surface area contributed by atoms with E-state index in [1.54, 1.807) is 24.3 Å². The van der Waals surface area contributed by atoms with Crippen molar-refractivity contribution >= 4 is 29.2 Å². The van der Waals surface area contributed by atoms with E-state index in [9.17, 15) is 35.9 Å². The summed E-state index contributed by atoms with van der Waals surface area (Å²) >= 11 is 0. The second kappa shape index (κ2) is 11.3. The molecular weight excluding hydrogens is 576 g/mol. The molecule has 1 aliphatic rings. The molecule has 0 atom stereocenters. The summed E-state index contributed by atoms with van der Waals surface area (Å²) in [5, 5.41) is 0. The second-order valence-corrected chi connectivity index (χ2v) is 9.49. The Labute approximate surface area is 241 Å². The highest BCUT2D eigenvalue weighted by molar-refractivity contribution is 6.43. The van der Waals surface area contributed by atoms with E-state index >= 15 is 0 Å². The van der Waals surface area contributed by atoms with Crippen LogP contribution in [-0.4, -0.2) is 18.9 Å². The number of hydrogen-bond acceptors (Lipinski definition) is 4. The quantitative estimate of drug-likeness (QED) is 0.128. The highest BCUT2D eigenvalue weighted by Gasteiger charge is 2.37. The van der Waals surface area contributed by atoms with Gasteiger partial charge in [0.25, 0.3) is 11.8 Å². The topological polar surface area (TPSA) is 55.8 Å². The van der Waals surface area contributed by atoms with Crippen molar-refractivity contribution in [3.05, 3.63) is 124 Å². The Morgan fingerprint density at radius 1 is 0.698 bits per heavy atom. The van der Waals surface area contributed by atoms with E-state index in [0.29, 0.717) is 16.0 Å². The number of ether oxygens (including phenoxy) is 2. The summed E-state index contributed by atoms with van der Waals surface area (Å²) in [5.41, 5.74) is -0.874. The van der Waals surface area contributed by atoms with E-state index in [4.69, 9.17) is 9.47 Å². The first-order chi connectivity index (χ1) is 20.4. The van der Waals surface area contributed by atoms with Crippen LogP contribution >= 0.6 is 0 Å². The molecule has 5 nitrogen and oxygen atoms in total. The standard InChI is InChI=1S/C32H21F6NO4/c1-42-28-16-19(12-13-27(28)43-18-20-6-4-7-21(14-20)31(33,34)35)15-26-24-10-2-3-11-25(24)29(40)39(30(26)41)23-9-5-8-22(17-23)32(36,37)38/h2-17H,18H2,1H3. The number of hydrogen-bond donors (Lipinski definition) is 0. The van der Waals surface area contributed by atoms with Gasteiger partial charge in [-0.2, -0.15) is 26.3 Å². The van der Waals surface area contributed by atoms with Gasteiger partial charge in [-0.25, -0.2) is 4.90 Å². The Kier molecular flexibility index (Phi) is 7.74. The van der Waals surface area contributed by atoms with Gasteiger partial charge in [0, 0.05) is 11.1 Å². The first kappa shape index (κ1) is 29.4. The van der Waals surface area contributed by atoms with Crippen LogP contribution in [0, 0.1) is 0 Å². The van der Waals surface area contributed by atoms with Crippen molar-refractivity contribution in [2.75, 3.05) is 12.0 Å². The number of imide groups is 1. The maximum atomic E-state index is 13.7. The van der Waals surface area contributed by atoms with Gasteiger partial charge in [0.15, 0.2) is 11.5 Å². The Bertz CT molecular complexity index is 1740. The molecule has 43 heavy (non-hydrogen) atoms. The van der Waals surface area contributed by atoms with Gasteiger partial charge >= 0.3 is 12.4 Å². The van der Waals surface area contributed by atoms with Crippen LogP contribution in [0.3, 0.4) is 0 Å². The molecule has 0 aromatic heterocycles. The van der Waals surface area contributed by atoms with Gasteiger partial charge in [-0.15, -0.1) is 0 Å². The third kappa shape index (κ3) is 6.11. The number of fused-ring (bicyclic) bond motifs is 1. The Balaban J connectivity index is 1.48. The third-order valence-electron chi connectivity index (χ3n) is 6.66. The molecule has 2 amide bonds. The minimum Gasteiger partial charge on any atom is -0.493 e. The van der Waals surface area contributed by atoms with E-state index in [2.05, 4.69) is 0 Å². The molecule has 220 valence electrons. The van der Waals surface area contributed by atoms with Gasteiger partial charge < -0.3 is 9.47 Å². The summed E-state index contributed by atoms with van der Waals surface area (Å²) in [7, 11) is 1.36. The molecule has 11 heteroatoms. The Morgan fingerprint density at radius 3 is 2.02 bits per heavy atom. The molecule has 4 aromatic rings. The molecule has 1 heterocycles. The smallest absolute Gasteiger partial charge is 0.416 e. The zero-order chi connectivity index (χ0) is 30.9. The van der Waals surface area contributed by atoms with Gasteiger partial charge in [0.05, 0.1) is 23.9 Å². The Hall–Kier alpha value is -5.06. The molecule has 0 saturated carbocycles. The molecule has 0 aliphatic carbocycles. The fraction of sp³-hybridized carbons (Fsp3) is 0.125. The lowest BCUT2D eigenvalue weighted by Gasteiger charge is -2.29. The highest BCUT2D eigenvalue weighted by Crippen LogP contribution is 2.38. The summed E-state index contributed by atoms with van der Waals surface area (Å²) in [4.78, 5) is 27.7. The van der Waals surface area contributed by atoms with Crippen LogP contribution in [0.1, 0.15) is 38.2 Å². The van der Waals surface area contributed by atoms with Gasteiger partial charge in [-0.05, 0) is 71.3 Å². The van der Waals surface area contributed by atoms with Crippen molar-refractivity contribution in [2.24, 2.45) is 0 Å². The average Bonchev–Trinajstić information content (AvgIpc) is 2.98. The number of rotatable bonds is 6. The molecule has 0 spiro atoms. The summed E-state index contributed by atoms with van der Waals surface area (Å²) in [6.45, 7) is -0.180. The van der Waals surface area contributed by atoms with Crippen molar-refractivity contribution in [3.8, 4) is 11.5 Å². The van der Waals surface area contributed by atoms with E-state index < -0.39 is 35.3 Å². The van der Waals surface area contributed by atoms with Gasteiger partial charge in [-0.3, -0.25) is 9.59 Å².